The summed E-state index contributed by atoms with van der Waals surface area (Å²) in [4.78, 5) is 4.64. The van der Waals surface area contributed by atoms with Gasteiger partial charge in [-0.3, -0.25) is 4.99 Å². The van der Waals surface area contributed by atoms with Gasteiger partial charge in [-0.1, -0.05) is 47.0 Å². The molecule has 1 heterocycles. The van der Waals surface area contributed by atoms with Crippen LogP contribution in [0.5, 0.6) is 0 Å². The Bertz CT molecular complexity index is 241. The number of hydrogen-bond acceptors (Lipinski definition) is 2. The largest absolute Gasteiger partial charge is 0.361 e. The van der Waals surface area contributed by atoms with Crippen molar-refractivity contribution in [1.29, 1.82) is 0 Å². The van der Waals surface area contributed by atoms with E-state index in [0.717, 1.165) is 23.0 Å². The molecule has 1 aliphatic carbocycles. The number of nitrogens with one attached hydrogen (secondary N) is 1. The average Bonchev–Trinajstić information content (AvgIpc) is 2.51. The van der Waals surface area contributed by atoms with Crippen LogP contribution in [0.3, 0.4) is 0 Å². The summed E-state index contributed by atoms with van der Waals surface area (Å²) < 4.78 is 0. The molecule has 2 aliphatic rings. The molecule has 1 aliphatic heterocycles. The van der Waals surface area contributed by atoms with Crippen molar-refractivity contribution in [3.8, 4) is 0 Å². The smallest absolute Gasteiger partial charge is 0.157 e. The van der Waals surface area contributed by atoms with Crippen LogP contribution in [0.1, 0.15) is 32.6 Å². The fraction of sp³-hybridized carbons (Fsp3) is 0.909. The number of rotatable bonds is 4. The maximum absolute atomic E-state index is 4.64. The maximum atomic E-state index is 4.64. The Hall–Kier alpha value is 0.300. The molecule has 0 amide bonds. The summed E-state index contributed by atoms with van der Waals surface area (Å²) in [6, 6.07) is 0.553. The molecular formula is C11H19BrN2S. The first kappa shape index (κ1) is 11.8. The Kier molecular flexibility index (Phi) is 4.38. The van der Waals surface area contributed by atoms with Crippen LogP contribution in [0.4, 0.5) is 0 Å². The van der Waals surface area contributed by atoms with Crippen molar-refractivity contribution < 1.29 is 0 Å². The van der Waals surface area contributed by atoms with Gasteiger partial charge in [0.05, 0.1) is 0 Å². The monoisotopic (exact) mass is 290 g/mol. The Morgan fingerprint density at radius 1 is 1.53 bits per heavy atom. The van der Waals surface area contributed by atoms with Crippen molar-refractivity contribution in [1.82, 2.24) is 5.32 Å². The molecule has 2 unspecified atom stereocenters. The van der Waals surface area contributed by atoms with Gasteiger partial charge in [0.25, 0.3) is 0 Å². The topological polar surface area (TPSA) is 24.4 Å². The molecular weight excluding hydrogens is 272 g/mol. The highest BCUT2D eigenvalue weighted by molar-refractivity contribution is 9.09. The number of amidine groups is 1. The molecule has 2 rings (SSSR count). The first-order valence-electron chi connectivity index (χ1n) is 5.83. The van der Waals surface area contributed by atoms with Crippen molar-refractivity contribution in [2.75, 3.05) is 11.9 Å². The molecule has 15 heavy (non-hydrogen) atoms. The average molecular weight is 291 g/mol. The molecule has 2 atom stereocenters. The van der Waals surface area contributed by atoms with Gasteiger partial charge >= 0.3 is 0 Å². The molecule has 4 heteroatoms. The molecule has 0 bridgehead atoms. The van der Waals surface area contributed by atoms with Gasteiger partial charge in [0.15, 0.2) is 5.17 Å². The van der Waals surface area contributed by atoms with Gasteiger partial charge in [-0.15, -0.1) is 0 Å². The van der Waals surface area contributed by atoms with Crippen LogP contribution >= 0.6 is 27.7 Å². The number of thioether (sulfide) groups is 1. The molecule has 0 radical (unpaired) electrons. The van der Waals surface area contributed by atoms with Crippen LogP contribution < -0.4 is 5.32 Å². The van der Waals surface area contributed by atoms with Crippen LogP contribution in [0, 0.1) is 5.92 Å². The predicted octanol–water partition coefficient (Wildman–Crippen LogP) is 3.02. The van der Waals surface area contributed by atoms with E-state index in [1.165, 1.54) is 25.7 Å². The van der Waals surface area contributed by atoms with E-state index in [1.807, 2.05) is 11.8 Å². The zero-order chi connectivity index (χ0) is 10.7. The van der Waals surface area contributed by atoms with E-state index in [9.17, 15) is 0 Å². The lowest BCUT2D eigenvalue weighted by molar-refractivity contribution is 0.300. The van der Waals surface area contributed by atoms with Crippen LogP contribution in [0.15, 0.2) is 4.99 Å². The molecule has 1 saturated heterocycles. The molecule has 0 aromatic heterocycles. The minimum absolute atomic E-state index is 0.553. The zero-order valence-electron chi connectivity index (χ0n) is 9.21. The van der Waals surface area contributed by atoms with Crippen LogP contribution in [-0.2, 0) is 0 Å². The highest BCUT2D eigenvalue weighted by atomic mass is 79.9. The molecule has 2 nitrogen and oxygen atoms in total. The van der Waals surface area contributed by atoms with Gasteiger partial charge in [0.1, 0.15) is 0 Å². The van der Waals surface area contributed by atoms with Crippen LogP contribution in [0.2, 0.25) is 0 Å². The summed E-state index contributed by atoms with van der Waals surface area (Å²) in [5.41, 5.74) is 0. The SMILES string of the molecule is CC1NC(=NCCC2CCC2)SC1CBr. The minimum atomic E-state index is 0.553. The van der Waals surface area contributed by atoms with Crippen LogP contribution in [0.25, 0.3) is 0 Å². The lowest BCUT2D eigenvalue weighted by atomic mass is 9.83. The van der Waals surface area contributed by atoms with Gasteiger partial charge in [0, 0.05) is 23.2 Å². The van der Waals surface area contributed by atoms with Crippen molar-refractivity contribution >= 4 is 32.9 Å². The van der Waals surface area contributed by atoms with E-state index >= 15 is 0 Å². The Labute approximate surface area is 105 Å². The second kappa shape index (κ2) is 5.58. The van der Waals surface area contributed by atoms with E-state index in [4.69, 9.17) is 0 Å². The van der Waals surface area contributed by atoms with Gasteiger partial charge in [-0.25, -0.2) is 0 Å². The summed E-state index contributed by atoms with van der Waals surface area (Å²) in [5.74, 6) is 0.977. The van der Waals surface area contributed by atoms with E-state index < -0.39 is 0 Å². The predicted molar refractivity (Wildman–Crippen MR) is 72.0 cm³/mol. The normalized spacial score (nSPS) is 34.1. The van der Waals surface area contributed by atoms with Crippen LogP contribution in [-0.4, -0.2) is 28.3 Å². The molecule has 2 fully saturated rings. The van der Waals surface area contributed by atoms with E-state index in [1.54, 1.807) is 0 Å². The number of aliphatic imine (C=N–C) groups is 1. The summed E-state index contributed by atoms with van der Waals surface area (Å²) in [5, 5.41) is 6.30. The minimum Gasteiger partial charge on any atom is -0.361 e. The van der Waals surface area contributed by atoms with Gasteiger partial charge in [0.2, 0.25) is 0 Å². The van der Waals surface area contributed by atoms with Crippen molar-refractivity contribution in [3.63, 3.8) is 0 Å². The number of nitrogens with zero attached hydrogens (tertiary/aromatic N) is 1. The van der Waals surface area contributed by atoms with Crippen molar-refractivity contribution in [3.05, 3.63) is 0 Å². The molecule has 0 aromatic carbocycles. The third-order valence-corrected chi connectivity index (χ3v) is 5.82. The molecule has 86 valence electrons. The third-order valence-electron chi connectivity index (χ3n) is 3.34. The first-order chi connectivity index (χ1) is 7.29. The van der Waals surface area contributed by atoms with E-state index in [0.29, 0.717) is 11.3 Å². The fourth-order valence-corrected chi connectivity index (χ4v) is 3.94. The van der Waals surface area contributed by atoms with Gasteiger partial charge in [-0.2, -0.15) is 0 Å². The number of hydrogen-bond donors (Lipinski definition) is 1. The standard InChI is InChI=1S/C11H19BrN2S/c1-8-10(7-12)15-11(14-8)13-6-5-9-3-2-4-9/h8-10H,2-7H2,1H3,(H,13,14). The van der Waals surface area contributed by atoms with Gasteiger partial charge in [-0.05, 0) is 19.3 Å². The maximum Gasteiger partial charge on any atom is 0.157 e. The molecule has 1 saturated carbocycles. The van der Waals surface area contributed by atoms with Gasteiger partial charge < -0.3 is 5.32 Å². The lowest BCUT2D eigenvalue weighted by Gasteiger charge is -2.24. The quantitative estimate of drug-likeness (QED) is 0.805. The molecule has 0 aromatic rings. The number of halogens is 1. The first-order valence-corrected chi connectivity index (χ1v) is 7.83. The Morgan fingerprint density at radius 3 is 2.87 bits per heavy atom. The summed E-state index contributed by atoms with van der Waals surface area (Å²) in [7, 11) is 0. The third kappa shape index (κ3) is 3.13. The van der Waals surface area contributed by atoms with Crippen molar-refractivity contribution in [2.45, 2.75) is 43.9 Å². The second-order valence-electron chi connectivity index (χ2n) is 4.52. The second-order valence-corrected chi connectivity index (χ2v) is 6.39. The highest BCUT2D eigenvalue weighted by Crippen LogP contribution is 2.30. The lowest BCUT2D eigenvalue weighted by Crippen LogP contribution is -2.28. The van der Waals surface area contributed by atoms with Crippen molar-refractivity contribution in [2.24, 2.45) is 10.9 Å². The summed E-state index contributed by atoms with van der Waals surface area (Å²) in [6.45, 7) is 3.25. The number of alkyl halides is 1. The highest BCUT2D eigenvalue weighted by Gasteiger charge is 2.27. The Morgan fingerprint density at radius 2 is 2.33 bits per heavy atom. The zero-order valence-corrected chi connectivity index (χ0v) is 11.6. The molecule has 0 spiro atoms. The fourth-order valence-electron chi connectivity index (χ4n) is 1.95. The Balaban J connectivity index is 1.71. The molecule has 1 N–H and O–H groups in total. The summed E-state index contributed by atoms with van der Waals surface area (Å²) >= 11 is 5.43. The van der Waals surface area contributed by atoms with E-state index in [2.05, 4.69) is 33.2 Å². The van der Waals surface area contributed by atoms with E-state index in [-0.39, 0.29) is 0 Å². The summed E-state index contributed by atoms with van der Waals surface area (Å²) in [6.07, 6.45) is 5.60.